The summed E-state index contributed by atoms with van der Waals surface area (Å²) in [6.45, 7) is 3.77. The van der Waals surface area contributed by atoms with Crippen molar-refractivity contribution in [1.29, 1.82) is 0 Å². The molecule has 3 amide bonds. The Labute approximate surface area is 172 Å². The summed E-state index contributed by atoms with van der Waals surface area (Å²) in [6, 6.07) is 9.35. The molecule has 0 spiro atoms. The topological polar surface area (TPSA) is 94.4 Å². The summed E-state index contributed by atoms with van der Waals surface area (Å²) in [4.78, 5) is 39.2. The minimum Gasteiger partial charge on any atom is -0.350 e. The summed E-state index contributed by atoms with van der Waals surface area (Å²) in [5.74, 6) is -1.64. The Morgan fingerprint density at radius 2 is 1.73 bits per heavy atom. The van der Waals surface area contributed by atoms with Crippen LogP contribution in [-0.4, -0.2) is 41.4 Å². The summed E-state index contributed by atoms with van der Waals surface area (Å²) >= 11 is 0. The fourth-order valence-electron chi connectivity index (χ4n) is 3.69. The molecule has 2 aliphatic rings. The van der Waals surface area contributed by atoms with Gasteiger partial charge in [0, 0.05) is 6.54 Å². The van der Waals surface area contributed by atoms with Crippen LogP contribution in [0.1, 0.15) is 16.7 Å². The van der Waals surface area contributed by atoms with Crippen molar-refractivity contribution >= 4 is 23.4 Å². The molecule has 0 aromatic heterocycles. The number of nitrogens with zero attached hydrogens (tertiary/aromatic N) is 4. The molecule has 2 aliphatic heterocycles. The zero-order chi connectivity index (χ0) is 21.4. The number of imide groups is 1. The number of aryl methyl sites for hydroxylation is 2. The van der Waals surface area contributed by atoms with E-state index in [1.807, 2.05) is 19.9 Å². The average molecular weight is 409 g/mol. The highest BCUT2D eigenvalue weighted by Crippen LogP contribution is 2.32. The molecule has 0 radical (unpaired) electrons. The number of rotatable bonds is 5. The molecule has 2 unspecified atom stereocenters. The van der Waals surface area contributed by atoms with Gasteiger partial charge in [-0.3, -0.25) is 19.4 Å². The van der Waals surface area contributed by atoms with Gasteiger partial charge in [0.15, 0.2) is 12.1 Å². The molecule has 2 heterocycles. The number of carbonyl (C=O) groups excluding carboxylic acids is 3. The third-order valence-electron chi connectivity index (χ3n) is 5.03. The highest BCUT2D eigenvalue weighted by atomic mass is 19.1. The number of anilines is 1. The van der Waals surface area contributed by atoms with Crippen LogP contribution in [-0.2, 0) is 20.9 Å². The van der Waals surface area contributed by atoms with Crippen molar-refractivity contribution in [2.75, 3.05) is 11.4 Å². The predicted octanol–water partition coefficient (Wildman–Crippen LogP) is 2.05. The second-order valence-corrected chi connectivity index (χ2v) is 7.45. The maximum absolute atomic E-state index is 13.0. The van der Waals surface area contributed by atoms with Crippen LogP contribution < -0.4 is 10.2 Å². The monoisotopic (exact) mass is 409 g/mol. The molecule has 2 atom stereocenters. The number of benzene rings is 2. The number of nitrogens with one attached hydrogen (secondary N) is 1. The number of hydrogen-bond donors (Lipinski definition) is 1. The molecule has 1 N–H and O–H groups in total. The van der Waals surface area contributed by atoms with Crippen LogP contribution in [0.15, 0.2) is 52.8 Å². The zero-order valence-corrected chi connectivity index (χ0v) is 16.5. The first-order valence-corrected chi connectivity index (χ1v) is 9.48. The standard InChI is InChI=1S/C21H20FN5O3/c1-12-7-13(2)9-16(8-12)27-20(29)18-19(21(27)30)26(25-24-18)11-17(28)23-10-14-3-5-15(22)6-4-14/h3-9,18-19H,10-11H2,1-2H3,(H,23,28). The van der Waals surface area contributed by atoms with Gasteiger partial charge in [-0.25, -0.2) is 9.29 Å². The van der Waals surface area contributed by atoms with Crippen LogP contribution in [0.5, 0.6) is 0 Å². The van der Waals surface area contributed by atoms with Gasteiger partial charge < -0.3 is 5.32 Å². The number of halogens is 1. The molecule has 1 fully saturated rings. The molecule has 0 saturated carbocycles. The van der Waals surface area contributed by atoms with Crippen molar-refractivity contribution in [1.82, 2.24) is 10.3 Å². The molecule has 0 bridgehead atoms. The highest BCUT2D eigenvalue weighted by molar-refractivity contribution is 6.25. The van der Waals surface area contributed by atoms with Gasteiger partial charge in [0.2, 0.25) is 5.91 Å². The quantitative estimate of drug-likeness (QED) is 0.765. The number of amides is 3. The second-order valence-electron chi connectivity index (χ2n) is 7.45. The van der Waals surface area contributed by atoms with E-state index in [-0.39, 0.29) is 24.8 Å². The molecule has 8 nitrogen and oxygen atoms in total. The Balaban J connectivity index is 1.44. The van der Waals surface area contributed by atoms with Gasteiger partial charge >= 0.3 is 0 Å². The smallest absolute Gasteiger partial charge is 0.263 e. The molecule has 0 aliphatic carbocycles. The van der Waals surface area contributed by atoms with Crippen molar-refractivity contribution in [2.24, 2.45) is 10.3 Å². The van der Waals surface area contributed by atoms with Gasteiger partial charge in [0.1, 0.15) is 12.4 Å². The highest BCUT2D eigenvalue weighted by Gasteiger charge is 2.55. The molecular formula is C21H20FN5O3. The lowest BCUT2D eigenvalue weighted by Crippen LogP contribution is -2.44. The molecule has 154 valence electrons. The van der Waals surface area contributed by atoms with E-state index in [0.717, 1.165) is 21.6 Å². The van der Waals surface area contributed by atoms with E-state index in [0.29, 0.717) is 5.69 Å². The maximum Gasteiger partial charge on any atom is 0.263 e. The van der Waals surface area contributed by atoms with Crippen molar-refractivity contribution in [3.63, 3.8) is 0 Å². The van der Waals surface area contributed by atoms with Crippen LogP contribution >= 0.6 is 0 Å². The first-order valence-electron chi connectivity index (χ1n) is 9.48. The van der Waals surface area contributed by atoms with Crippen molar-refractivity contribution in [3.05, 3.63) is 65.0 Å². The SMILES string of the molecule is Cc1cc(C)cc(N2C(=O)C3N=NN(CC(=O)NCc4ccc(F)cc4)C3C2=O)c1. The first kappa shape index (κ1) is 19.7. The summed E-state index contributed by atoms with van der Waals surface area (Å²) in [6.07, 6.45) is 0. The Bertz CT molecular complexity index is 1030. The van der Waals surface area contributed by atoms with Gasteiger partial charge in [-0.1, -0.05) is 23.4 Å². The van der Waals surface area contributed by atoms with E-state index in [1.165, 1.54) is 17.1 Å². The van der Waals surface area contributed by atoms with Crippen LogP contribution in [0.3, 0.4) is 0 Å². The van der Waals surface area contributed by atoms with Crippen molar-refractivity contribution < 1.29 is 18.8 Å². The number of hydrogen-bond acceptors (Lipinski definition) is 6. The van der Waals surface area contributed by atoms with Crippen LogP contribution in [0.2, 0.25) is 0 Å². The predicted molar refractivity (Wildman–Crippen MR) is 106 cm³/mol. The minimum absolute atomic E-state index is 0.208. The molecule has 2 aromatic carbocycles. The number of carbonyl (C=O) groups is 3. The van der Waals surface area contributed by atoms with Gasteiger partial charge in [0.05, 0.1) is 5.69 Å². The largest absolute Gasteiger partial charge is 0.350 e. The van der Waals surface area contributed by atoms with Gasteiger partial charge in [-0.2, -0.15) is 5.11 Å². The van der Waals surface area contributed by atoms with Crippen LogP contribution in [0.25, 0.3) is 0 Å². The average Bonchev–Trinajstić information content (AvgIpc) is 3.20. The lowest BCUT2D eigenvalue weighted by Gasteiger charge is -2.20. The van der Waals surface area contributed by atoms with Gasteiger partial charge in [-0.05, 0) is 54.8 Å². The summed E-state index contributed by atoms with van der Waals surface area (Å²) in [5.41, 5.74) is 3.09. The fourth-order valence-corrected chi connectivity index (χ4v) is 3.69. The number of fused-ring (bicyclic) bond motifs is 1. The molecule has 4 rings (SSSR count). The lowest BCUT2D eigenvalue weighted by molar-refractivity contribution is -0.125. The Kier molecular flexibility index (Phi) is 5.03. The molecule has 2 aromatic rings. The summed E-state index contributed by atoms with van der Waals surface area (Å²) in [7, 11) is 0. The van der Waals surface area contributed by atoms with E-state index in [4.69, 9.17) is 0 Å². The van der Waals surface area contributed by atoms with E-state index in [1.54, 1.807) is 24.3 Å². The van der Waals surface area contributed by atoms with E-state index >= 15 is 0 Å². The third-order valence-corrected chi connectivity index (χ3v) is 5.03. The summed E-state index contributed by atoms with van der Waals surface area (Å²) in [5, 5.41) is 11.7. The first-order chi connectivity index (χ1) is 14.3. The van der Waals surface area contributed by atoms with Crippen LogP contribution in [0.4, 0.5) is 10.1 Å². The molecule has 1 saturated heterocycles. The van der Waals surface area contributed by atoms with E-state index in [9.17, 15) is 18.8 Å². The fraction of sp³-hybridized carbons (Fsp3) is 0.286. The zero-order valence-electron chi connectivity index (χ0n) is 16.5. The normalized spacial score (nSPS) is 20.1. The molecular weight excluding hydrogens is 389 g/mol. The molecule has 9 heteroatoms. The molecule has 30 heavy (non-hydrogen) atoms. The minimum atomic E-state index is -0.955. The maximum atomic E-state index is 13.0. The van der Waals surface area contributed by atoms with Gasteiger partial charge in [-0.15, -0.1) is 0 Å². The van der Waals surface area contributed by atoms with E-state index in [2.05, 4.69) is 15.7 Å². The Morgan fingerprint density at radius 1 is 1.07 bits per heavy atom. The van der Waals surface area contributed by atoms with Crippen molar-refractivity contribution in [3.8, 4) is 0 Å². The summed E-state index contributed by atoms with van der Waals surface area (Å²) < 4.78 is 13.0. The van der Waals surface area contributed by atoms with E-state index < -0.39 is 23.9 Å². The third kappa shape index (κ3) is 3.66. The van der Waals surface area contributed by atoms with Crippen LogP contribution in [0, 0.1) is 19.7 Å². The van der Waals surface area contributed by atoms with Gasteiger partial charge in [0.25, 0.3) is 11.8 Å². The van der Waals surface area contributed by atoms with Crippen molar-refractivity contribution in [2.45, 2.75) is 32.5 Å². The Morgan fingerprint density at radius 3 is 2.40 bits per heavy atom. The second kappa shape index (κ2) is 7.66. The lowest BCUT2D eigenvalue weighted by atomic mass is 10.1. The Hall–Kier alpha value is -3.62.